The van der Waals surface area contributed by atoms with Gasteiger partial charge < -0.3 is 19.9 Å². The zero-order valence-electron chi connectivity index (χ0n) is 8.06. The van der Waals surface area contributed by atoms with E-state index in [0.29, 0.717) is 30.5 Å². The van der Waals surface area contributed by atoms with Crippen molar-refractivity contribution in [2.75, 3.05) is 19.8 Å². The molecule has 5 heteroatoms. The van der Waals surface area contributed by atoms with Crippen LogP contribution in [-0.2, 0) is 4.79 Å². The lowest BCUT2D eigenvalue weighted by Crippen LogP contribution is -2.21. The highest BCUT2D eigenvalue weighted by atomic mass is 16.6. The van der Waals surface area contributed by atoms with Gasteiger partial charge in [0.1, 0.15) is 13.2 Å². The topological polar surface area (TPSA) is 70.8 Å². The Bertz CT molecular complexity index is 378. The largest absolute Gasteiger partial charge is 0.486 e. The second kappa shape index (κ2) is 4.08. The average Bonchev–Trinajstić information content (AvgIpc) is 2.26. The van der Waals surface area contributed by atoms with Gasteiger partial charge in [0.25, 0.3) is 5.91 Å². The summed E-state index contributed by atoms with van der Waals surface area (Å²) in [4.78, 5) is 10.6. The molecule has 0 bridgehead atoms. The number of benzene rings is 1. The molecule has 0 aromatic heterocycles. The van der Waals surface area contributed by atoms with Crippen molar-refractivity contribution in [1.29, 1.82) is 0 Å². The number of primary amides is 1. The van der Waals surface area contributed by atoms with Crippen LogP contribution in [0, 0.1) is 0 Å². The SMILES string of the molecule is NC(=O)COc1cccc2c1OCCO2. The van der Waals surface area contributed by atoms with E-state index in [1.807, 2.05) is 0 Å². The maximum atomic E-state index is 10.6. The summed E-state index contributed by atoms with van der Waals surface area (Å²) in [7, 11) is 0. The van der Waals surface area contributed by atoms with E-state index in [1.54, 1.807) is 18.2 Å². The van der Waals surface area contributed by atoms with Crippen molar-refractivity contribution >= 4 is 5.91 Å². The van der Waals surface area contributed by atoms with Crippen LogP contribution >= 0.6 is 0 Å². The number of hydrogen-bond donors (Lipinski definition) is 1. The Morgan fingerprint density at radius 3 is 3.00 bits per heavy atom. The number of fused-ring (bicyclic) bond motifs is 1. The average molecular weight is 209 g/mol. The molecule has 2 rings (SSSR count). The lowest BCUT2D eigenvalue weighted by molar-refractivity contribution is -0.119. The van der Waals surface area contributed by atoms with E-state index in [2.05, 4.69) is 0 Å². The van der Waals surface area contributed by atoms with E-state index in [9.17, 15) is 4.79 Å². The number of amides is 1. The van der Waals surface area contributed by atoms with Crippen LogP contribution in [0.15, 0.2) is 18.2 Å². The van der Waals surface area contributed by atoms with Crippen LogP contribution in [0.2, 0.25) is 0 Å². The molecule has 2 N–H and O–H groups in total. The summed E-state index contributed by atoms with van der Waals surface area (Å²) in [6.07, 6.45) is 0. The van der Waals surface area contributed by atoms with Crippen molar-refractivity contribution in [2.45, 2.75) is 0 Å². The molecule has 1 amide bonds. The van der Waals surface area contributed by atoms with Gasteiger partial charge in [0.2, 0.25) is 5.75 Å². The van der Waals surface area contributed by atoms with Crippen LogP contribution in [0.1, 0.15) is 0 Å². The monoisotopic (exact) mass is 209 g/mol. The summed E-state index contributed by atoms with van der Waals surface area (Å²) < 4.78 is 15.9. The Morgan fingerprint density at radius 1 is 1.40 bits per heavy atom. The number of ether oxygens (including phenoxy) is 3. The van der Waals surface area contributed by atoms with E-state index in [0.717, 1.165) is 0 Å². The molecule has 1 aliphatic heterocycles. The fourth-order valence-corrected chi connectivity index (χ4v) is 1.31. The maximum absolute atomic E-state index is 10.6. The maximum Gasteiger partial charge on any atom is 0.255 e. The molecule has 0 spiro atoms. The number of carbonyl (C=O) groups is 1. The van der Waals surface area contributed by atoms with Crippen molar-refractivity contribution in [3.8, 4) is 17.2 Å². The van der Waals surface area contributed by atoms with Crippen LogP contribution in [0.3, 0.4) is 0 Å². The first-order valence-electron chi connectivity index (χ1n) is 4.57. The standard InChI is InChI=1S/C10H11NO4/c11-9(12)6-15-8-3-1-2-7-10(8)14-5-4-13-7/h1-3H,4-6H2,(H2,11,12). The van der Waals surface area contributed by atoms with E-state index in [4.69, 9.17) is 19.9 Å². The van der Waals surface area contributed by atoms with Gasteiger partial charge in [-0.25, -0.2) is 0 Å². The molecule has 80 valence electrons. The van der Waals surface area contributed by atoms with Crippen LogP contribution in [0.4, 0.5) is 0 Å². The molecule has 5 nitrogen and oxygen atoms in total. The quantitative estimate of drug-likeness (QED) is 0.778. The molecule has 0 atom stereocenters. The van der Waals surface area contributed by atoms with E-state index >= 15 is 0 Å². The van der Waals surface area contributed by atoms with Crippen molar-refractivity contribution in [2.24, 2.45) is 5.73 Å². The van der Waals surface area contributed by atoms with Crippen molar-refractivity contribution < 1.29 is 19.0 Å². The number of hydrogen-bond acceptors (Lipinski definition) is 4. The summed E-state index contributed by atoms with van der Waals surface area (Å²) in [5.41, 5.74) is 4.98. The van der Waals surface area contributed by atoms with Crippen LogP contribution < -0.4 is 19.9 Å². The second-order valence-electron chi connectivity index (χ2n) is 3.04. The predicted octanol–water partition coefficient (Wildman–Crippen LogP) is 0.322. The van der Waals surface area contributed by atoms with Gasteiger partial charge in [0.15, 0.2) is 18.1 Å². The lowest BCUT2D eigenvalue weighted by atomic mass is 10.3. The van der Waals surface area contributed by atoms with E-state index in [1.165, 1.54) is 0 Å². The smallest absolute Gasteiger partial charge is 0.255 e. The van der Waals surface area contributed by atoms with Crippen LogP contribution in [0.25, 0.3) is 0 Å². The Balaban J connectivity index is 2.19. The zero-order valence-corrected chi connectivity index (χ0v) is 8.06. The minimum atomic E-state index is -0.524. The van der Waals surface area contributed by atoms with Gasteiger partial charge in [-0.3, -0.25) is 4.79 Å². The normalized spacial score (nSPS) is 13.3. The third-order valence-corrected chi connectivity index (χ3v) is 1.90. The van der Waals surface area contributed by atoms with Gasteiger partial charge in [-0.05, 0) is 12.1 Å². The number of carbonyl (C=O) groups excluding carboxylic acids is 1. The highest BCUT2D eigenvalue weighted by Gasteiger charge is 2.16. The van der Waals surface area contributed by atoms with Crippen molar-refractivity contribution in [3.05, 3.63) is 18.2 Å². The van der Waals surface area contributed by atoms with Gasteiger partial charge >= 0.3 is 0 Å². The first kappa shape index (κ1) is 9.64. The molecule has 0 saturated heterocycles. The van der Waals surface area contributed by atoms with E-state index in [-0.39, 0.29) is 6.61 Å². The lowest BCUT2D eigenvalue weighted by Gasteiger charge is -2.20. The number of nitrogens with two attached hydrogens (primary N) is 1. The van der Waals surface area contributed by atoms with E-state index < -0.39 is 5.91 Å². The molecule has 0 fully saturated rings. The minimum absolute atomic E-state index is 0.167. The first-order chi connectivity index (χ1) is 7.27. The Kier molecular flexibility index (Phi) is 2.62. The van der Waals surface area contributed by atoms with Gasteiger partial charge in [-0.15, -0.1) is 0 Å². The van der Waals surface area contributed by atoms with Crippen LogP contribution in [0.5, 0.6) is 17.2 Å². The summed E-state index contributed by atoms with van der Waals surface area (Å²) in [5.74, 6) is 1.11. The Morgan fingerprint density at radius 2 is 2.20 bits per heavy atom. The molecule has 0 unspecified atom stereocenters. The molecule has 0 aliphatic carbocycles. The van der Waals surface area contributed by atoms with Crippen LogP contribution in [-0.4, -0.2) is 25.7 Å². The highest BCUT2D eigenvalue weighted by Crippen LogP contribution is 2.38. The molecule has 1 heterocycles. The molecule has 15 heavy (non-hydrogen) atoms. The van der Waals surface area contributed by atoms with Gasteiger partial charge in [0, 0.05) is 0 Å². The first-order valence-corrected chi connectivity index (χ1v) is 4.57. The summed E-state index contributed by atoms with van der Waals surface area (Å²) in [5, 5.41) is 0. The Labute approximate surface area is 86.7 Å². The van der Waals surface area contributed by atoms with Crippen molar-refractivity contribution in [3.63, 3.8) is 0 Å². The third-order valence-electron chi connectivity index (χ3n) is 1.90. The highest BCUT2D eigenvalue weighted by molar-refractivity contribution is 5.75. The minimum Gasteiger partial charge on any atom is -0.486 e. The fourth-order valence-electron chi connectivity index (χ4n) is 1.31. The summed E-state index contributed by atoms with van der Waals surface area (Å²) >= 11 is 0. The zero-order chi connectivity index (χ0) is 10.7. The molecule has 0 saturated carbocycles. The molecule has 1 aromatic carbocycles. The summed E-state index contributed by atoms with van der Waals surface area (Å²) in [6, 6.07) is 5.26. The summed E-state index contributed by atoms with van der Waals surface area (Å²) in [6.45, 7) is 0.829. The van der Waals surface area contributed by atoms with Gasteiger partial charge in [-0.2, -0.15) is 0 Å². The fraction of sp³-hybridized carbons (Fsp3) is 0.300. The molecule has 1 aromatic rings. The third kappa shape index (κ3) is 2.12. The predicted molar refractivity (Wildman–Crippen MR) is 52.1 cm³/mol. The van der Waals surface area contributed by atoms with Crippen molar-refractivity contribution in [1.82, 2.24) is 0 Å². The Hall–Kier alpha value is -1.91. The number of rotatable bonds is 3. The molecular formula is C10H11NO4. The second-order valence-corrected chi connectivity index (χ2v) is 3.04. The molecule has 1 aliphatic rings. The molecule has 0 radical (unpaired) electrons. The number of para-hydroxylation sites is 1. The van der Waals surface area contributed by atoms with Gasteiger partial charge in [-0.1, -0.05) is 6.07 Å². The molecular weight excluding hydrogens is 198 g/mol. The van der Waals surface area contributed by atoms with Gasteiger partial charge in [0.05, 0.1) is 0 Å².